The van der Waals surface area contributed by atoms with Gasteiger partial charge in [-0.25, -0.2) is 0 Å². The van der Waals surface area contributed by atoms with Gasteiger partial charge < -0.3 is 25.2 Å². The van der Waals surface area contributed by atoms with Crippen LogP contribution >= 0.6 is 0 Å². The highest BCUT2D eigenvalue weighted by Gasteiger charge is 2.32. The fraction of sp³-hybridized carbons (Fsp3) is 0.250. The molecule has 2 unspecified atom stereocenters. The van der Waals surface area contributed by atoms with E-state index in [0.717, 1.165) is 29.1 Å². The minimum absolute atomic E-state index is 0.241. The first-order valence-electron chi connectivity index (χ1n) is 10.4. The highest BCUT2D eigenvalue weighted by molar-refractivity contribution is 6.05. The van der Waals surface area contributed by atoms with E-state index in [-0.39, 0.29) is 18.8 Å². The van der Waals surface area contributed by atoms with Crippen molar-refractivity contribution in [2.75, 3.05) is 23.3 Å². The Kier molecular flexibility index (Phi) is 6.45. The highest BCUT2D eigenvalue weighted by atomic mass is 19.4. The van der Waals surface area contributed by atoms with E-state index in [1.807, 2.05) is 24.0 Å². The second kappa shape index (κ2) is 9.32. The number of ether oxygens (including phenoxy) is 1. The number of aliphatic hydroxyl groups is 2. The van der Waals surface area contributed by atoms with E-state index in [4.69, 9.17) is 0 Å². The molecule has 3 N–H and O–H groups in total. The van der Waals surface area contributed by atoms with Crippen LogP contribution in [0.15, 0.2) is 60.8 Å². The number of amides is 1. The molecule has 0 saturated carbocycles. The molecule has 1 fully saturated rings. The summed E-state index contributed by atoms with van der Waals surface area (Å²) in [7, 11) is 0. The van der Waals surface area contributed by atoms with Crippen LogP contribution < -0.4 is 15.0 Å². The molecule has 34 heavy (non-hydrogen) atoms. The summed E-state index contributed by atoms with van der Waals surface area (Å²) < 4.78 is 40.8. The van der Waals surface area contributed by atoms with Crippen molar-refractivity contribution in [3.05, 3.63) is 72.1 Å². The Morgan fingerprint density at radius 3 is 2.32 bits per heavy atom. The quantitative estimate of drug-likeness (QED) is 0.523. The standard InChI is InChI=1S/C24H22F3N3O4/c1-14-2-3-16(11-28-14)19-10-15(4-9-20(19)30-12-21(31)22(32)13-30)23(33)29-17-5-7-18(8-6-17)34-24(25,26)27/h2-11,21-22,31-32H,12-13H2,1H3,(H,29,33). The summed E-state index contributed by atoms with van der Waals surface area (Å²) in [6.07, 6.45) is -4.87. The van der Waals surface area contributed by atoms with Crippen molar-refractivity contribution in [1.82, 2.24) is 4.98 Å². The third-order valence-electron chi connectivity index (χ3n) is 5.43. The number of aromatic nitrogens is 1. The number of alkyl halides is 3. The zero-order valence-electron chi connectivity index (χ0n) is 18.1. The number of halogens is 3. The van der Waals surface area contributed by atoms with Crippen molar-refractivity contribution in [3.8, 4) is 16.9 Å². The number of anilines is 2. The number of aliphatic hydroxyl groups excluding tert-OH is 2. The normalized spacial score (nSPS) is 18.1. The minimum Gasteiger partial charge on any atom is -0.406 e. The van der Waals surface area contributed by atoms with Crippen LogP contribution in [0.1, 0.15) is 16.1 Å². The molecule has 4 rings (SSSR count). The van der Waals surface area contributed by atoms with Gasteiger partial charge in [0.25, 0.3) is 5.91 Å². The lowest BCUT2D eigenvalue weighted by atomic mass is 10.0. The van der Waals surface area contributed by atoms with Gasteiger partial charge in [-0.3, -0.25) is 9.78 Å². The first kappa shape index (κ1) is 23.5. The van der Waals surface area contributed by atoms with Gasteiger partial charge in [0.2, 0.25) is 0 Å². The number of hydrogen-bond acceptors (Lipinski definition) is 6. The van der Waals surface area contributed by atoms with Crippen LogP contribution in [0.25, 0.3) is 11.1 Å². The lowest BCUT2D eigenvalue weighted by Gasteiger charge is -2.22. The average Bonchev–Trinajstić information content (AvgIpc) is 3.12. The van der Waals surface area contributed by atoms with Crippen molar-refractivity contribution in [2.24, 2.45) is 0 Å². The van der Waals surface area contributed by atoms with Crippen LogP contribution in [-0.2, 0) is 0 Å². The SMILES string of the molecule is Cc1ccc(-c2cc(C(=O)Nc3ccc(OC(F)(F)F)cc3)ccc2N2CC(O)C(O)C2)cn1. The summed E-state index contributed by atoms with van der Waals surface area (Å²) in [5.74, 6) is -0.849. The summed E-state index contributed by atoms with van der Waals surface area (Å²) in [6, 6.07) is 13.6. The number of benzene rings is 2. The fourth-order valence-corrected chi connectivity index (χ4v) is 3.72. The maximum absolute atomic E-state index is 12.9. The van der Waals surface area contributed by atoms with Gasteiger partial charge in [-0.1, -0.05) is 6.07 Å². The van der Waals surface area contributed by atoms with Gasteiger partial charge in [-0.05, 0) is 55.5 Å². The third kappa shape index (κ3) is 5.46. The topological polar surface area (TPSA) is 94.9 Å². The number of nitrogens with zero attached hydrogens (tertiary/aromatic N) is 2. The predicted molar refractivity (Wildman–Crippen MR) is 120 cm³/mol. The van der Waals surface area contributed by atoms with Crippen molar-refractivity contribution >= 4 is 17.3 Å². The van der Waals surface area contributed by atoms with E-state index >= 15 is 0 Å². The van der Waals surface area contributed by atoms with Crippen molar-refractivity contribution < 1.29 is 32.9 Å². The molecular formula is C24H22F3N3O4. The Balaban J connectivity index is 1.60. The monoisotopic (exact) mass is 473 g/mol. The summed E-state index contributed by atoms with van der Waals surface area (Å²) in [5.41, 5.74) is 3.61. The smallest absolute Gasteiger partial charge is 0.406 e. The molecule has 2 atom stereocenters. The van der Waals surface area contributed by atoms with E-state index in [1.165, 1.54) is 12.1 Å². The second-order valence-electron chi connectivity index (χ2n) is 7.99. The number of hydrogen-bond donors (Lipinski definition) is 3. The second-order valence-corrected chi connectivity index (χ2v) is 7.99. The summed E-state index contributed by atoms with van der Waals surface area (Å²) in [4.78, 5) is 19.0. The molecule has 178 valence electrons. The van der Waals surface area contributed by atoms with E-state index < -0.39 is 24.5 Å². The maximum atomic E-state index is 12.9. The molecule has 1 saturated heterocycles. The van der Waals surface area contributed by atoms with Crippen molar-refractivity contribution in [1.29, 1.82) is 0 Å². The van der Waals surface area contributed by atoms with Crippen LogP contribution in [0.4, 0.5) is 24.5 Å². The zero-order chi connectivity index (χ0) is 24.5. The van der Waals surface area contributed by atoms with Crippen molar-refractivity contribution in [2.45, 2.75) is 25.5 Å². The molecule has 0 aliphatic carbocycles. The largest absolute Gasteiger partial charge is 0.573 e. The lowest BCUT2D eigenvalue weighted by molar-refractivity contribution is -0.274. The van der Waals surface area contributed by atoms with Gasteiger partial charge in [0.05, 0.1) is 12.2 Å². The molecule has 2 heterocycles. The lowest BCUT2D eigenvalue weighted by Crippen LogP contribution is -2.22. The first-order chi connectivity index (χ1) is 16.1. The van der Waals surface area contributed by atoms with Crippen LogP contribution in [0, 0.1) is 6.92 Å². The fourth-order valence-electron chi connectivity index (χ4n) is 3.72. The number of nitrogens with one attached hydrogen (secondary N) is 1. The highest BCUT2D eigenvalue weighted by Crippen LogP contribution is 2.34. The van der Waals surface area contributed by atoms with E-state index in [2.05, 4.69) is 15.0 Å². The minimum atomic E-state index is -4.80. The van der Waals surface area contributed by atoms with E-state index in [0.29, 0.717) is 16.8 Å². The Hall–Kier alpha value is -3.63. The molecule has 1 aromatic heterocycles. The average molecular weight is 473 g/mol. The molecular weight excluding hydrogens is 451 g/mol. The number of pyridine rings is 1. The molecule has 0 bridgehead atoms. The summed E-state index contributed by atoms with van der Waals surface area (Å²) in [5, 5.41) is 22.6. The molecule has 2 aromatic carbocycles. The van der Waals surface area contributed by atoms with Gasteiger partial charge in [-0.2, -0.15) is 0 Å². The number of rotatable bonds is 5. The summed E-state index contributed by atoms with van der Waals surface area (Å²) in [6.45, 7) is 2.34. The zero-order valence-corrected chi connectivity index (χ0v) is 18.1. The molecule has 1 amide bonds. The Morgan fingerprint density at radius 2 is 1.74 bits per heavy atom. The molecule has 1 aliphatic heterocycles. The van der Waals surface area contributed by atoms with Crippen molar-refractivity contribution in [3.63, 3.8) is 0 Å². The van der Waals surface area contributed by atoms with Crippen LogP contribution in [0.2, 0.25) is 0 Å². The number of carbonyl (C=O) groups is 1. The number of aryl methyl sites for hydroxylation is 1. The molecule has 7 nitrogen and oxygen atoms in total. The van der Waals surface area contributed by atoms with Gasteiger partial charge >= 0.3 is 6.36 Å². The molecule has 10 heteroatoms. The predicted octanol–water partition coefficient (Wildman–Crippen LogP) is 3.75. The molecule has 3 aromatic rings. The van der Waals surface area contributed by atoms with E-state index in [9.17, 15) is 28.2 Å². The number of carbonyl (C=O) groups excluding carboxylic acids is 1. The molecule has 1 aliphatic rings. The van der Waals surface area contributed by atoms with E-state index in [1.54, 1.807) is 24.4 Å². The summed E-state index contributed by atoms with van der Waals surface area (Å²) >= 11 is 0. The van der Waals surface area contributed by atoms with Crippen LogP contribution in [0.3, 0.4) is 0 Å². The van der Waals surface area contributed by atoms with Gasteiger partial charge in [-0.15, -0.1) is 13.2 Å². The van der Waals surface area contributed by atoms with Gasteiger partial charge in [0.1, 0.15) is 5.75 Å². The maximum Gasteiger partial charge on any atom is 0.573 e. The van der Waals surface area contributed by atoms with Crippen LogP contribution in [-0.4, -0.2) is 52.8 Å². The Labute approximate surface area is 193 Å². The Morgan fingerprint density at radius 1 is 1.06 bits per heavy atom. The van der Waals surface area contributed by atoms with Crippen LogP contribution in [0.5, 0.6) is 5.75 Å². The molecule has 0 radical (unpaired) electrons. The number of β-amino-alcohol motifs (C(OH)–C–C–N with tert-alkyl or cyclic N) is 2. The molecule has 0 spiro atoms. The Bertz CT molecular complexity index is 1160. The first-order valence-corrected chi connectivity index (χ1v) is 10.4. The van der Waals surface area contributed by atoms with Gasteiger partial charge in [0.15, 0.2) is 0 Å². The third-order valence-corrected chi connectivity index (χ3v) is 5.43. The van der Waals surface area contributed by atoms with Gasteiger partial charge in [0, 0.05) is 53.0 Å².